The Hall–Kier alpha value is -1.33. The van der Waals surface area contributed by atoms with Gasteiger partial charge in [-0.15, -0.1) is 12.4 Å². The molecular weight excluding hydrogens is 242 g/mol. The summed E-state index contributed by atoms with van der Waals surface area (Å²) in [4.78, 5) is 15.5. The van der Waals surface area contributed by atoms with E-state index in [4.69, 9.17) is 0 Å². The summed E-state index contributed by atoms with van der Waals surface area (Å²) >= 11 is 0. The van der Waals surface area contributed by atoms with Crippen LogP contribution in [0.15, 0.2) is 18.3 Å². The fourth-order valence-electron chi connectivity index (χ4n) is 1.78. The maximum atomic E-state index is 11.7. The molecule has 2 heterocycles. The predicted octanol–water partition coefficient (Wildman–Crippen LogP) is 0.548. The van der Waals surface area contributed by atoms with Gasteiger partial charge in [0.15, 0.2) is 5.69 Å². The van der Waals surface area contributed by atoms with Crippen LogP contribution in [0.3, 0.4) is 0 Å². The molecular formula is C11H16ClN3O2. The van der Waals surface area contributed by atoms with E-state index in [0.29, 0.717) is 12.5 Å². The van der Waals surface area contributed by atoms with Crippen molar-refractivity contribution in [3.05, 3.63) is 24.0 Å². The van der Waals surface area contributed by atoms with Gasteiger partial charge in [0.1, 0.15) is 5.75 Å². The fourth-order valence-corrected chi connectivity index (χ4v) is 1.78. The Morgan fingerprint density at radius 2 is 2.47 bits per heavy atom. The molecule has 5 nitrogen and oxygen atoms in total. The molecule has 3 N–H and O–H groups in total. The number of hydrogen-bond acceptors (Lipinski definition) is 4. The van der Waals surface area contributed by atoms with Gasteiger partial charge in [-0.2, -0.15) is 0 Å². The molecule has 0 saturated carbocycles. The Morgan fingerprint density at radius 1 is 1.65 bits per heavy atom. The molecule has 0 spiro atoms. The highest BCUT2D eigenvalue weighted by molar-refractivity contribution is 5.94. The van der Waals surface area contributed by atoms with Crippen LogP contribution < -0.4 is 10.6 Å². The van der Waals surface area contributed by atoms with Crippen LogP contribution in [0.5, 0.6) is 5.75 Å². The Balaban J connectivity index is 0.00000144. The molecule has 1 aromatic rings. The van der Waals surface area contributed by atoms with Gasteiger partial charge in [-0.3, -0.25) is 4.79 Å². The number of rotatable bonds is 3. The molecule has 2 rings (SSSR count). The van der Waals surface area contributed by atoms with Gasteiger partial charge in [0.2, 0.25) is 0 Å². The van der Waals surface area contributed by atoms with Gasteiger partial charge in [-0.25, -0.2) is 4.98 Å². The summed E-state index contributed by atoms with van der Waals surface area (Å²) in [7, 11) is 0. The van der Waals surface area contributed by atoms with Crippen molar-refractivity contribution in [2.45, 2.75) is 6.42 Å². The number of pyridine rings is 1. The largest absolute Gasteiger partial charge is 0.505 e. The molecule has 0 radical (unpaired) electrons. The molecule has 6 heteroatoms. The second kappa shape index (κ2) is 6.42. The van der Waals surface area contributed by atoms with Gasteiger partial charge in [-0.05, 0) is 37.6 Å². The number of carbonyl (C=O) groups excluding carboxylic acids is 1. The van der Waals surface area contributed by atoms with E-state index in [9.17, 15) is 9.90 Å². The van der Waals surface area contributed by atoms with Crippen LogP contribution in [-0.2, 0) is 0 Å². The predicted molar refractivity (Wildman–Crippen MR) is 66.5 cm³/mol. The van der Waals surface area contributed by atoms with E-state index < -0.39 is 0 Å². The summed E-state index contributed by atoms with van der Waals surface area (Å²) in [5, 5.41) is 15.4. The van der Waals surface area contributed by atoms with Crippen LogP contribution in [0.2, 0.25) is 0 Å². The molecule has 1 fully saturated rings. The topological polar surface area (TPSA) is 74.2 Å². The molecule has 0 aliphatic carbocycles. The molecule has 17 heavy (non-hydrogen) atoms. The Kier molecular flexibility index (Phi) is 5.18. The van der Waals surface area contributed by atoms with Gasteiger partial charge in [0.25, 0.3) is 5.91 Å². The van der Waals surface area contributed by atoms with Gasteiger partial charge >= 0.3 is 0 Å². The minimum atomic E-state index is -0.315. The van der Waals surface area contributed by atoms with Crippen molar-refractivity contribution in [1.29, 1.82) is 0 Å². The van der Waals surface area contributed by atoms with E-state index in [-0.39, 0.29) is 29.8 Å². The number of carbonyl (C=O) groups is 1. The fraction of sp³-hybridized carbons (Fsp3) is 0.455. The number of nitrogens with zero attached hydrogens (tertiary/aromatic N) is 1. The maximum absolute atomic E-state index is 11.7. The number of hydrogen-bond donors (Lipinski definition) is 3. The van der Waals surface area contributed by atoms with Crippen molar-refractivity contribution in [2.75, 3.05) is 19.6 Å². The molecule has 94 valence electrons. The minimum Gasteiger partial charge on any atom is -0.505 e. The zero-order valence-electron chi connectivity index (χ0n) is 9.35. The lowest BCUT2D eigenvalue weighted by Gasteiger charge is -2.09. The maximum Gasteiger partial charge on any atom is 0.273 e. The first-order chi connectivity index (χ1) is 7.77. The third-order valence-corrected chi connectivity index (χ3v) is 2.72. The summed E-state index contributed by atoms with van der Waals surface area (Å²) in [6, 6.07) is 3.05. The van der Waals surface area contributed by atoms with Gasteiger partial charge in [0.05, 0.1) is 0 Å². The average molecular weight is 258 g/mol. The highest BCUT2D eigenvalue weighted by Gasteiger charge is 2.17. The van der Waals surface area contributed by atoms with Gasteiger partial charge < -0.3 is 15.7 Å². The standard InChI is InChI=1S/C11H15N3O2.ClH/c15-9-2-1-4-13-10(9)11(16)14-7-8-3-5-12-6-8;/h1-2,4,8,12,15H,3,5-7H2,(H,14,16);1H. The summed E-state index contributed by atoms with van der Waals surface area (Å²) in [6.45, 7) is 2.58. The van der Waals surface area contributed by atoms with Crippen LogP contribution in [0, 0.1) is 5.92 Å². The molecule has 0 bridgehead atoms. The van der Waals surface area contributed by atoms with Crippen molar-refractivity contribution < 1.29 is 9.90 Å². The lowest BCUT2D eigenvalue weighted by Crippen LogP contribution is -2.30. The van der Waals surface area contributed by atoms with E-state index in [1.54, 1.807) is 6.07 Å². The quantitative estimate of drug-likeness (QED) is 0.739. The molecule has 0 aromatic carbocycles. The lowest BCUT2D eigenvalue weighted by molar-refractivity contribution is 0.0940. The smallest absolute Gasteiger partial charge is 0.273 e. The summed E-state index contributed by atoms with van der Waals surface area (Å²) < 4.78 is 0. The third kappa shape index (κ3) is 3.57. The minimum absolute atomic E-state index is 0. The van der Waals surface area contributed by atoms with E-state index in [1.807, 2.05) is 0 Å². The van der Waals surface area contributed by atoms with Crippen LogP contribution in [-0.4, -0.2) is 35.6 Å². The summed E-state index contributed by atoms with van der Waals surface area (Å²) in [5.74, 6) is 0.0874. The SMILES string of the molecule is Cl.O=C(NCC1CCNC1)c1ncccc1O. The molecule has 1 unspecified atom stereocenters. The first-order valence-corrected chi connectivity index (χ1v) is 5.40. The van der Waals surface area contributed by atoms with E-state index in [1.165, 1.54) is 12.3 Å². The molecule has 1 saturated heterocycles. The van der Waals surface area contributed by atoms with Crippen LogP contribution in [0.25, 0.3) is 0 Å². The summed E-state index contributed by atoms with van der Waals surface area (Å²) in [6.07, 6.45) is 2.57. The van der Waals surface area contributed by atoms with Crippen molar-refractivity contribution >= 4 is 18.3 Å². The van der Waals surface area contributed by atoms with E-state index in [0.717, 1.165) is 19.5 Å². The van der Waals surface area contributed by atoms with Crippen molar-refractivity contribution in [1.82, 2.24) is 15.6 Å². The van der Waals surface area contributed by atoms with Crippen LogP contribution in [0.4, 0.5) is 0 Å². The number of nitrogens with one attached hydrogen (secondary N) is 2. The number of amides is 1. The summed E-state index contributed by atoms with van der Waals surface area (Å²) in [5.41, 5.74) is 0.0912. The second-order valence-corrected chi connectivity index (χ2v) is 3.94. The third-order valence-electron chi connectivity index (χ3n) is 2.72. The Bertz CT molecular complexity index is 381. The number of aromatic nitrogens is 1. The monoisotopic (exact) mass is 257 g/mol. The highest BCUT2D eigenvalue weighted by atomic mass is 35.5. The Labute approximate surface area is 106 Å². The number of aromatic hydroxyl groups is 1. The molecule has 1 atom stereocenters. The first-order valence-electron chi connectivity index (χ1n) is 5.40. The van der Waals surface area contributed by atoms with Crippen LogP contribution in [0.1, 0.15) is 16.9 Å². The van der Waals surface area contributed by atoms with Gasteiger partial charge in [-0.1, -0.05) is 0 Å². The highest BCUT2D eigenvalue weighted by Crippen LogP contribution is 2.12. The van der Waals surface area contributed by atoms with E-state index >= 15 is 0 Å². The van der Waals surface area contributed by atoms with Gasteiger partial charge in [0, 0.05) is 12.7 Å². The second-order valence-electron chi connectivity index (χ2n) is 3.94. The Morgan fingerprint density at radius 3 is 3.12 bits per heavy atom. The molecule has 1 aliphatic rings. The zero-order valence-corrected chi connectivity index (χ0v) is 10.2. The van der Waals surface area contributed by atoms with Crippen molar-refractivity contribution in [3.63, 3.8) is 0 Å². The molecule has 1 aromatic heterocycles. The first kappa shape index (κ1) is 13.7. The lowest BCUT2D eigenvalue weighted by atomic mass is 10.1. The van der Waals surface area contributed by atoms with Crippen molar-refractivity contribution in [2.24, 2.45) is 5.92 Å². The average Bonchev–Trinajstić information content (AvgIpc) is 2.79. The van der Waals surface area contributed by atoms with Crippen molar-refractivity contribution in [3.8, 4) is 5.75 Å². The zero-order chi connectivity index (χ0) is 11.4. The number of halogens is 1. The van der Waals surface area contributed by atoms with E-state index in [2.05, 4.69) is 15.6 Å². The molecule has 1 aliphatic heterocycles. The van der Waals surface area contributed by atoms with Crippen LogP contribution >= 0.6 is 12.4 Å². The molecule has 1 amide bonds. The normalized spacial score (nSPS) is 18.5.